The highest BCUT2D eigenvalue weighted by Gasteiger charge is 2.41. The number of likely N-dealkylation sites (tertiary alicyclic amines) is 1. The van der Waals surface area contributed by atoms with Gasteiger partial charge in [-0.2, -0.15) is 11.3 Å². The number of hydrogen-bond acceptors (Lipinski definition) is 5. The first-order valence-corrected chi connectivity index (χ1v) is 11.2. The molecule has 0 aromatic carbocycles. The Morgan fingerprint density at radius 1 is 1.33 bits per heavy atom. The zero-order chi connectivity index (χ0) is 18.6. The number of hydrogen-bond donors (Lipinski definition) is 2. The van der Waals surface area contributed by atoms with Crippen molar-refractivity contribution in [3.63, 3.8) is 0 Å². The summed E-state index contributed by atoms with van der Waals surface area (Å²) < 4.78 is 5.42. The highest BCUT2D eigenvalue weighted by molar-refractivity contribution is 7.08. The number of fused-ring (bicyclic) bond motifs is 3. The van der Waals surface area contributed by atoms with Crippen LogP contribution in [0.25, 0.3) is 0 Å². The standard InChI is InChI=1S/C20H32N4O2S/c1-26-13-18-3-2-6-23(18)11-16-12-24-7-4-15(16)9-19(24)10-21-20(25)22-17-5-8-27-14-17/h5,8,14-16,18-19H,2-4,6-7,9-13H2,1H3,(H2,21,22,25)/t15-,16+,18-,19+/m0/s1. The molecule has 0 saturated carbocycles. The van der Waals surface area contributed by atoms with E-state index in [0.29, 0.717) is 12.1 Å². The summed E-state index contributed by atoms with van der Waals surface area (Å²) in [5, 5.41) is 9.90. The molecule has 4 saturated heterocycles. The lowest BCUT2D eigenvalue weighted by atomic mass is 9.75. The third-order valence-corrected chi connectivity index (χ3v) is 7.30. The maximum Gasteiger partial charge on any atom is 0.319 e. The van der Waals surface area contributed by atoms with Gasteiger partial charge in [-0.3, -0.25) is 9.80 Å². The van der Waals surface area contributed by atoms with Crippen molar-refractivity contribution in [3.05, 3.63) is 16.8 Å². The molecule has 5 atom stereocenters. The second-order valence-corrected chi connectivity index (χ2v) is 9.07. The van der Waals surface area contributed by atoms with Gasteiger partial charge in [-0.1, -0.05) is 0 Å². The van der Waals surface area contributed by atoms with Crippen molar-refractivity contribution in [1.29, 1.82) is 0 Å². The number of rotatable bonds is 7. The van der Waals surface area contributed by atoms with Crippen molar-refractivity contribution in [2.24, 2.45) is 11.8 Å². The molecule has 1 aromatic rings. The van der Waals surface area contributed by atoms with Gasteiger partial charge in [0, 0.05) is 44.2 Å². The van der Waals surface area contributed by atoms with Crippen LogP contribution in [0.1, 0.15) is 25.7 Å². The number of methoxy groups -OCH3 is 1. The lowest BCUT2D eigenvalue weighted by Crippen LogP contribution is -2.59. The fraction of sp³-hybridized carbons (Fsp3) is 0.750. The van der Waals surface area contributed by atoms with E-state index in [1.54, 1.807) is 11.3 Å². The molecule has 4 aliphatic rings. The topological polar surface area (TPSA) is 56.8 Å². The van der Waals surface area contributed by atoms with Crippen LogP contribution in [0.3, 0.4) is 0 Å². The summed E-state index contributed by atoms with van der Waals surface area (Å²) >= 11 is 1.59. The van der Waals surface area contributed by atoms with Gasteiger partial charge in [0.05, 0.1) is 12.3 Å². The molecular formula is C20H32N4O2S. The van der Waals surface area contributed by atoms with Crippen LogP contribution in [0, 0.1) is 11.8 Å². The molecule has 6 nitrogen and oxygen atoms in total. The molecule has 2 amide bonds. The lowest BCUT2D eigenvalue weighted by Gasteiger charge is -2.51. The third-order valence-electron chi connectivity index (χ3n) is 6.62. The van der Waals surface area contributed by atoms with Crippen molar-refractivity contribution in [2.45, 2.75) is 37.8 Å². The summed E-state index contributed by atoms with van der Waals surface area (Å²) in [5.74, 6) is 1.57. The number of urea groups is 1. The number of amides is 2. The Balaban J connectivity index is 1.24. The van der Waals surface area contributed by atoms with Gasteiger partial charge in [0.15, 0.2) is 0 Å². The Morgan fingerprint density at radius 2 is 2.26 bits per heavy atom. The minimum absolute atomic E-state index is 0.0907. The number of nitrogens with one attached hydrogen (secondary N) is 2. The van der Waals surface area contributed by atoms with E-state index < -0.39 is 0 Å². The van der Waals surface area contributed by atoms with Crippen molar-refractivity contribution >= 4 is 23.1 Å². The first-order chi connectivity index (χ1) is 13.2. The molecule has 5 rings (SSSR count). The van der Waals surface area contributed by atoms with Crippen LogP contribution in [-0.4, -0.2) is 74.4 Å². The maximum absolute atomic E-state index is 12.1. The van der Waals surface area contributed by atoms with Crippen LogP contribution < -0.4 is 10.6 Å². The minimum Gasteiger partial charge on any atom is -0.383 e. The van der Waals surface area contributed by atoms with Crippen LogP contribution in [0.5, 0.6) is 0 Å². The molecule has 5 heterocycles. The fourth-order valence-corrected chi connectivity index (χ4v) is 5.80. The SMILES string of the molecule is COC[C@@H]1CCCN1C[C@@H]1CN2CC[C@H]1C[C@@H]2CNC(=O)Nc1ccsc1. The molecular weight excluding hydrogens is 360 g/mol. The number of carbonyl (C=O) groups excluding carboxylic acids is 1. The monoisotopic (exact) mass is 392 g/mol. The quantitative estimate of drug-likeness (QED) is 0.749. The van der Waals surface area contributed by atoms with E-state index in [9.17, 15) is 4.79 Å². The maximum atomic E-state index is 12.1. The third kappa shape index (κ3) is 4.65. The van der Waals surface area contributed by atoms with Crippen molar-refractivity contribution in [3.8, 4) is 0 Å². The smallest absolute Gasteiger partial charge is 0.319 e. The average molecular weight is 393 g/mol. The number of thiophene rings is 1. The Morgan fingerprint density at radius 3 is 3.00 bits per heavy atom. The molecule has 2 bridgehead atoms. The van der Waals surface area contributed by atoms with E-state index in [2.05, 4.69) is 20.4 Å². The fourth-order valence-electron chi connectivity index (χ4n) is 5.21. The number of anilines is 1. The molecule has 2 N–H and O–H groups in total. The Bertz CT molecular complexity index is 611. The summed E-state index contributed by atoms with van der Waals surface area (Å²) in [4.78, 5) is 17.4. The van der Waals surface area contributed by atoms with E-state index >= 15 is 0 Å². The summed E-state index contributed by atoms with van der Waals surface area (Å²) in [5.41, 5.74) is 0.874. The normalized spacial score (nSPS) is 33.3. The van der Waals surface area contributed by atoms with Gasteiger partial charge in [-0.15, -0.1) is 0 Å². The zero-order valence-corrected chi connectivity index (χ0v) is 17.0. The highest BCUT2D eigenvalue weighted by atomic mass is 32.1. The van der Waals surface area contributed by atoms with Crippen molar-refractivity contribution < 1.29 is 9.53 Å². The number of ether oxygens (including phenoxy) is 1. The average Bonchev–Trinajstić information content (AvgIpc) is 3.34. The predicted octanol–water partition coefficient (Wildman–Crippen LogP) is 2.69. The molecule has 0 radical (unpaired) electrons. The molecule has 1 aromatic heterocycles. The van der Waals surface area contributed by atoms with Gasteiger partial charge in [0.1, 0.15) is 0 Å². The summed E-state index contributed by atoms with van der Waals surface area (Å²) in [6, 6.07) is 2.94. The summed E-state index contributed by atoms with van der Waals surface area (Å²) in [6.45, 7) is 6.42. The highest BCUT2D eigenvalue weighted by Crippen LogP contribution is 2.37. The Hall–Kier alpha value is -1.15. The molecule has 150 valence electrons. The number of carbonyl (C=O) groups is 1. The number of piperidine rings is 3. The van der Waals surface area contributed by atoms with Gasteiger partial charge in [-0.25, -0.2) is 4.79 Å². The van der Waals surface area contributed by atoms with Crippen LogP contribution in [0.2, 0.25) is 0 Å². The molecule has 27 heavy (non-hydrogen) atoms. The second-order valence-electron chi connectivity index (χ2n) is 8.29. The van der Waals surface area contributed by atoms with Gasteiger partial charge in [0.25, 0.3) is 0 Å². The van der Waals surface area contributed by atoms with Crippen LogP contribution >= 0.6 is 11.3 Å². The molecule has 1 unspecified atom stereocenters. The first-order valence-electron chi connectivity index (χ1n) is 10.3. The van der Waals surface area contributed by atoms with Crippen LogP contribution in [0.15, 0.2) is 16.8 Å². The van der Waals surface area contributed by atoms with E-state index in [1.807, 2.05) is 23.9 Å². The van der Waals surface area contributed by atoms with Gasteiger partial charge < -0.3 is 15.4 Å². The first kappa shape index (κ1) is 19.2. The minimum atomic E-state index is -0.0907. The van der Waals surface area contributed by atoms with E-state index in [1.165, 1.54) is 51.9 Å². The predicted molar refractivity (Wildman–Crippen MR) is 109 cm³/mol. The van der Waals surface area contributed by atoms with E-state index in [0.717, 1.165) is 30.7 Å². The number of nitrogens with zero attached hydrogens (tertiary/aromatic N) is 2. The van der Waals surface area contributed by atoms with E-state index in [4.69, 9.17) is 4.74 Å². The molecule has 7 heteroatoms. The van der Waals surface area contributed by atoms with Crippen molar-refractivity contribution in [1.82, 2.24) is 15.1 Å². The Labute approximate surface area is 166 Å². The molecule has 4 fully saturated rings. The van der Waals surface area contributed by atoms with Crippen LogP contribution in [0.4, 0.5) is 10.5 Å². The van der Waals surface area contributed by atoms with Crippen molar-refractivity contribution in [2.75, 3.05) is 51.8 Å². The summed E-state index contributed by atoms with van der Waals surface area (Å²) in [6.07, 6.45) is 5.11. The van der Waals surface area contributed by atoms with Gasteiger partial charge >= 0.3 is 6.03 Å². The lowest BCUT2D eigenvalue weighted by molar-refractivity contribution is -0.0162. The summed E-state index contributed by atoms with van der Waals surface area (Å²) in [7, 11) is 1.82. The zero-order valence-electron chi connectivity index (χ0n) is 16.2. The Kier molecular flexibility index (Phi) is 6.32. The molecule has 0 aliphatic carbocycles. The molecule has 4 aliphatic heterocycles. The van der Waals surface area contributed by atoms with Crippen LogP contribution in [-0.2, 0) is 4.74 Å². The molecule has 0 spiro atoms. The van der Waals surface area contributed by atoms with Gasteiger partial charge in [0.2, 0.25) is 0 Å². The van der Waals surface area contributed by atoms with Gasteiger partial charge in [-0.05, 0) is 62.1 Å². The largest absolute Gasteiger partial charge is 0.383 e. The van der Waals surface area contributed by atoms with E-state index in [-0.39, 0.29) is 6.03 Å². The second kappa shape index (κ2) is 8.90.